The minimum atomic E-state index is -0.309. The van der Waals surface area contributed by atoms with Crippen LogP contribution >= 0.6 is 0 Å². The summed E-state index contributed by atoms with van der Waals surface area (Å²) in [5.41, 5.74) is -0.0685. The zero-order chi connectivity index (χ0) is 11.4. The second-order valence-corrected chi connectivity index (χ2v) is 3.82. The number of piperidine rings is 1. The highest BCUT2D eigenvalue weighted by Gasteiger charge is 2.16. The van der Waals surface area contributed by atoms with Crippen LogP contribution in [0.25, 0.3) is 0 Å². The quantitative estimate of drug-likeness (QED) is 0.614. The molecule has 1 aliphatic heterocycles. The maximum Gasteiger partial charge on any atom is 0.271 e. The van der Waals surface area contributed by atoms with Crippen LogP contribution in [0, 0.1) is 0 Å². The van der Waals surface area contributed by atoms with Crippen LogP contribution in [-0.2, 0) is 0 Å². The average Bonchev–Trinajstić information content (AvgIpc) is 2.31. The molecule has 2 heterocycles. The van der Waals surface area contributed by atoms with Crippen LogP contribution in [0.1, 0.15) is 23.3 Å². The molecule has 0 saturated carbocycles. The van der Waals surface area contributed by atoms with Gasteiger partial charge in [0.05, 0.1) is 0 Å². The van der Waals surface area contributed by atoms with Crippen molar-refractivity contribution < 1.29 is 4.79 Å². The van der Waals surface area contributed by atoms with Crippen molar-refractivity contribution in [2.75, 3.05) is 13.1 Å². The van der Waals surface area contributed by atoms with Crippen molar-refractivity contribution in [2.24, 2.45) is 0 Å². The molecule has 0 aromatic carbocycles. The first-order valence-corrected chi connectivity index (χ1v) is 5.33. The standard InChI is InChI=1S/C10H14N4O2/c15-9-4-3-8(13-14-9)10(16)12-7-2-1-5-11-6-7/h3-4,7,11H,1-2,5-6H2,(H,12,16)(H,14,15)/t7-/m1/s1. The van der Waals surface area contributed by atoms with Crippen molar-refractivity contribution in [1.82, 2.24) is 20.8 Å². The lowest BCUT2D eigenvalue weighted by Gasteiger charge is -2.23. The number of H-pyrrole nitrogens is 1. The summed E-state index contributed by atoms with van der Waals surface area (Å²) in [5.74, 6) is -0.245. The first-order valence-electron chi connectivity index (χ1n) is 5.33. The van der Waals surface area contributed by atoms with E-state index in [-0.39, 0.29) is 23.2 Å². The van der Waals surface area contributed by atoms with Gasteiger partial charge in [0.25, 0.3) is 11.5 Å². The second-order valence-electron chi connectivity index (χ2n) is 3.82. The van der Waals surface area contributed by atoms with Crippen LogP contribution in [-0.4, -0.2) is 35.2 Å². The molecule has 2 rings (SSSR count). The molecule has 1 aliphatic rings. The lowest BCUT2D eigenvalue weighted by molar-refractivity contribution is 0.0924. The Morgan fingerprint density at radius 2 is 2.38 bits per heavy atom. The van der Waals surface area contributed by atoms with Crippen molar-refractivity contribution in [3.05, 3.63) is 28.2 Å². The van der Waals surface area contributed by atoms with E-state index in [2.05, 4.69) is 20.8 Å². The number of carbonyl (C=O) groups excluding carboxylic acids is 1. The van der Waals surface area contributed by atoms with Gasteiger partial charge in [-0.1, -0.05) is 0 Å². The zero-order valence-corrected chi connectivity index (χ0v) is 8.82. The summed E-state index contributed by atoms with van der Waals surface area (Å²) in [7, 11) is 0. The van der Waals surface area contributed by atoms with Crippen molar-refractivity contribution in [2.45, 2.75) is 18.9 Å². The third-order valence-electron chi connectivity index (χ3n) is 2.54. The van der Waals surface area contributed by atoms with Gasteiger partial charge >= 0.3 is 0 Å². The summed E-state index contributed by atoms with van der Waals surface area (Å²) in [5, 5.41) is 12.0. The molecule has 0 radical (unpaired) electrons. The maximum absolute atomic E-state index is 11.7. The number of hydrogen-bond donors (Lipinski definition) is 3. The Balaban J connectivity index is 1.96. The molecule has 0 spiro atoms. The molecule has 1 atom stereocenters. The fourth-order valence-corrected chi connectivity index (χ4v) is 1.71. The highest BCUT2D eigenvalue weighted by Crippen LogP contribution is 2.02. The second kappa shape index (κ2) is 4.89. The molecular formula is C10H14N4O2. The SMILES string of the molecule is O=C(N[C@@H]1CCCNC1)c1ccc(=O)[nH]n1. The van der Waals surface area contributed by atoms with E-state index in [0.29, 0.717) is 0 Å². The number of nitrogens with zero attached hydrogens (tertiary/aromatic N) is 1. The van der Waals surface area contributed by atoms with E-state index in [0.717, 1.165) is 25.9 Å². The first kappa shape index (κ1) is 10.8. The van der Waals surface area contributed by atoms with Crippen molar-refractivity contribution in [3.8, 4) is 0 Å². The van der Waals surface area contributed by atoms with Crippen molar-refractivity contribution in [1.29, 1.82) is 0 Å². The van der Waals surface area contributed by atoms with Crippen molar-refractivity contribution in [3.63, 3.8) is 0 Å². The number of carbonyl (C=O) groups is 1. The molecule has 0 aliphatic carbocycles. The fourth-order valence-electron chi connectivity index (χ4n) is 1.71. The largest absolute Gasteiger partial charge is 0.347 e. The summed E-state index contributed by atoms with van der Waals surface area (Å²) in [6, 6.07) is 2.86. The first-order chi connectivity index (χ1) is 7.75. The molecule has 6 nitrogen and oxygen atoms in total. The van der Waals surface area contributed by atoms with Gasteiger partial charge in [0.1, 0.15) is 5.69 Å². The minimum absolute atomic E-state index is 0.148. The smallest absolute Gasteiger partial charge is 0.271 e. The van der Waals surface area contributed by atoms with Gasteiger partial charge in [-0.2, -0.15) is 5.10 Å². The van der Waals surface area contributed by atoms with Gasteiger partial charge in [0.2, 0.25) is 0 Å². The number of aromatic nitrogens is 2. The summed E-state index contributed by atoms with van der Waals surface area (Å²) in [6.45, 7) is 1.79. The molecule has 1 aromatic heterocycles. The highest BCUT2D eigenvalue weighted by molar-refractivity contribution is 5.92. The Labute approximate surface area is 92.4 Å². The van der Waals surface area contributed by atoms with Gasteiger partial charge in [-0.3, -0.25) is 9.59 Å². The van der Waals surface area contributed by atoms with E-state index >= 15 is 0 Å². The van der Waals surface area contributed by atoms with Crippen molar-refractivity contribution >= 4 is 5.91 Å². The average molecular weight is 222 g/mol. The molecule has 1 fully saturated rings. The predicted octanol–water partition coefficient (Wildman–Crippen LogP) is -0.748. The van der Waals surface area contributed by atoms with E-state index in [1.54, 1.807) is 0 Å². The topological polar surface area (TPSA) is 86.9 Å². The Hall–Kier alpha value is -1.69. The van der Waals surface area contributed by atoms with E-state index < -0.39 is 0 Å². The van der Waals surface area contributed by atoms with Crippen LogP contribution in [0.5, 0.6) is 0 Å². The molecule has 0 bridgehead atoms. The number of rotatable bonds is 2. The summed E-state index contributed by atoms with van der Waals surface area (Å²) >= 11 is 0. The zero-order valence-electron chi connectivity index (χ0n) is 8.82. The van der Waals surface area contributed by atoms with Crippen LogP contribution in [0.4, 0.5) is 0 Å². The highest BCUT2D eigenvalue weighted by atomic mass is 16.2. The van der Waals surface area contributed by atoms with Crippen LogP contribution in [0.2, 0.25) is 0 Å². The molecule has 86 valence electrons. The fraction of sp³-hybridized carbons (Fsp3) is 0.500. The molecule has 0 unspecified atom stereocenters. The van der Waals surface area contributed by atoms with E-state index in [9.17, 15) is 9.59 Å². The minimum Gasteiger partial charge on any atom is -0.347 e. The van der Waals surface area contributed by atoms with Gasteiger partial charge in [-0.15, -0.1) is 0 Å². The number of aromatic amines is 1. The number of nitrogens with one attached hydrogen (secondary N) is 3. The predicted molar refractivity (Wildman–Crippen MR) is 58.2 cm³/mol. The van der Waals surface area contributed by atoms with Gasteiger partial charge in [-0.05, 0) is 25.5 Å². The summed E-state index contributed by atoms with van der Waals surface area (Å²) in [6.07, 6.45) is 2.03. The van der Waals surface area contributed by atoms with Crippen LogP contribution in [0.3, 0.4) is 0 Å². The third kappa shape index (κ3) is 2.66. The van der Waals surface area contributed by atoms with E-state index in [1.165, 1.54) is 12.1 Å². The molecule has 1 amide bonds. The molecule has 6 heteroatoms. The third-order valence-corrected chi connectivity index (χ3v) is 2.54. The number of hydrogen-bond acceptors (Lipinski definition) is 4. The van der Waals surface area contributed by atoms with Gasteiger partial charge in [0, 0.05) is 18.7 Å². The normalized spacial score (nSPS) is 20.4. The van der Waals surface area contributed by atoms with Crippen LogP contribution < -0.4 is 16.2 Å². The monoisotopic (exact) mass is 222 g/mol. The van der Waals surface area contributed by atoms with Gasteiger partial charge in [0.15, 0.2) is 0 Å². The Morgan fingerprint density at radius 1 is 1.50 bits per heavy atom. The Bertz CT molecular complexity index is 403. The molecule has 16 heavy (non-hydrogen) atoms. The summed E-state index contributed by atoms with van der Waals surface area (Å²) in [4.78, 5) is 22.5. The molecule has 1 saturated heterocycles. The van der Waals surface area contributed by atoms with Gasteiger partial charge < -0.3 is 10.6 Å². The summed E-state index contributed by atoms with van der Waals surface area (Å²) < 4.78 is 0. The maximum atomic E-state index is 11.7. The Kier molecular flexibility index (Phi) is 3.31. The molecule has 1 aromatic rings. The van der Waals surface area contributed by atoms with E-state index in [4.69, 9.17) is 0 Å². The molecule has 3 N–H and O–H groups in total. The lowest BCUT2D eigenvalue weighted by Crippen LogP contribution is -2.45. The Morgan fingerprint density at radius 3 is 3.00 bits per heavy atom. The molecular weight excluding hydrogens is 208 g/mol. The number of amides is 1. The van der Waals surface area contributed by atoms with Gasteiger partial charge in [-0.25, -0.2) is 5.10 Å². The van der Waals surface area contributed by atoms with Crippen LogP contribution in [0.15, 0.2) is 16.9 Å². The lowest BCUT2D eigenvalue weighted by atomic mass is 10.1. The van der Waals surface area contributed by atoms with E-state index in [1.807, 2.05) is 0 Å².